The number of halogens is 2. The monoisotopic (exact) mass is 1170 g/mol. The van der Waals surface area contributed by atoms with Crippen LogP contribution in [0.15, 0.2) is 133 Å². The molecular formula is C68H72F2N6O10. The third kappa shape index (κ3) is 17.1. The van der Waals surface area contributed by atoms with Crippen LogP contribution in [-0.4, -0.2) is 83.4 Å². The van der Waals surface area contributed by atoms with Crippen LogP contribution in [0.1, 0.15) is 150 Å². The van der Waals surface area contributed by atoms with Gasteiger partial charge < -0.3 is 40.5 Å². The first kappa shape index (κ1) is 61.5. The molecule has 2 aliphatic heterocycles. The molecule has 6 amide bonds. The number of nitrogens with one attached hydrogen (secondary N) is 4. The van der Waals surface area contributed by atoms with E-state index < -0.39 is 35.5 Å². The quantitative estimate of drug-likeness (QED) is 0.0299. The molecule has 2 heterocycles. The third-order valence-corrected chi connectivity index (χ3v) is 16.0. The van der Waals surface area contributed by atoms with Crippen molar-refractivity contribution in [2.45, 2.75) is 116 Å². The van der Waals surface area contributed by atoms with Crippen LogP contribution in [0.5, 0.6) is 0 Å². The van der Waals surface area contributed by atoms with Crippen LogP contribution in [0.4, 0.5) is 8.78 Å². The van der Waals surface area contributed by atoms with Gasteiger partial charge in [0.15, 0.2) is 0 Å². The number of nitrogens with zero attached hydrogens (tertiary/aromatic N) is 2. The van der Waals surface area contributed by atoms with Crippen molar-refractivity contribution in [1.82, 2.24) is 31.1 Å². The zero-order valence-electron chi connectivity index (χ0n) is 48.1. The summed E-state index contributed by atoms with van der Waals surface area (Å²) < 4.78 is 37.9. The fourth-order valence-corrected chi connectivity index (χ4v) is 11.3. The Morgan fingerprint density at radius 3 is 1.10 bits per heavy atom. The summed E-state index contributed by atoms with van der Waals surface area (Å²) in [4.78, 5) is 113. The van der Waals surface area contributed by atoms with E-state index in [1.807, 2.05) is 60.7 Å². The first-order chi connectivity index (χ1) is 41.7. The van der Waals surface area contributed by atoms with E-state index in [0.29, 0.717) is 64.2 Å². The number of ether oxygens (including phenoxy) is 2. The number of carbonyl (C=O) groups excluding carboxylic acids is 8. The van der Waals surface area contributed by atoms with Gasteiger partial charge in [0.2, 0.25) is 11.8 Å². The molecule has 3 aliphatic rings. The predicted octanol–water partition coefficient (Wildman–Crippen LogP) is 9.39. The van der Waals surface area contributed by atoms with Crippen LogP contribution in [0, 0.1) is 23.5 Å². The smallest absolute Gasteiger partial charge is 0.306 e. The summed E-state index contributed by atoms with van der Waals surface area (Å²) in [7, 11) is 0. The zero-order chi connectivity index (χ0) is 60.4. The predicted molar refractivity (Wildman–Crippen MR) is 317 cm³/mol. The fourth-order valence-electron chi connectivity index (χ4n) is 11.3. The van der Waals surface area contributed by atoms with Gasteiger partial charge in [-0.15, -0.1) is 0 Å². The number of fused-ring (bicyclic) bond motifs is 2. The summed E-state index contributed by atoms with van der Waals surface area (Å²) >= 11 is 0. The highest BCUT2D eigenvalue weighted by molar-refractivity contribution is 6.08. The van der Waals surface area contributed by atoms with Crippen molar-refractivity contribution in [3.8, 4) is 0 Å². The second-order valence-corrected chi connectivity index (χ2v) is 22.3. The molecule has 6 aromatic rings. The summed E-state index contributed by atoms with van der Waals surface area (Å²) in [6.45, 7) is 2.05. The average Bonchev–Trinajstić information content (AvgIpc) is 2.03. The Balaban J connectivity index is 0.812. The lowest BCUT2D eigenvalue weighted by Crippen LogP contribution is -2.39. The maximum Gasteiger partial charge on any atom is 0.306 e. The van der Waals surface area contributed by atoms with Gasteiger partial charge in [-0.1, -0.05) is 91.3 Å². The van der Waals surface area contributed by atoms with Crippen LogP contribution in [-0.2, 0) is 80.9 Å². The van der Waals surface area contributed by atoms with Crippen LogP contribution in [0.3, 0.4) is 0 Å². The van der Waals surface area contributed by atoms with E-state index in [0.717, 1.165) is 44.5 Å². The highest BCUT2D eigenvalue weighted by atomic mass is 19.1. The topological polar surface area (TPSA) is 210 Å². The van der Waals surface area contributed by atoms with Gasteiger partial charge in [-0.3, -0.25) is 38.4 Å². The van der Waals surface area contributed by atoms with Crippen LogP contribution in [0.25, 0.3) is 0 Å². The van der Waals surface area contributed by atoms with E-state index in [-0.39, 0.29) is 136 Å². The maximum atomic E-state index is 14.5. The zero-order valence-corrected chi connectivity index (χ0v) is 48.1. The second kappa shape index (κ2) is 30.1. The molecule has 86 heavy (non-hydrogen) atoms. The van der Waals surface area contributed by atoms with Crippen LogP contribution >= 0.6 is 0 Å². The summed E-state index contributed by atoms with van der Waals surface area (Å²) in [6, 6.07) is 37.4. The number of esters is 2. The van der Waals surface area contributed by atoms with Gasteiger partial charge in [0, 0.05) is 77.0 Å². The number of carbonyl (C=O) groups is 8. The SMILES string of the molecule is O=C(CCCCNC(=O)c1cc2c(cc1C(=O)NCCc1ccc(F)cc1)CN(C(=O)[C@@H]1CCC[C@H](C(=O)N3Cc4cc(C(=O)NCCCCC(=O)OCc5ccccc5)c(C(=O)NCCc5ccc(F)cc5)cc4C3)C1)C2)OCc1ccccc1. The van der Waals surface area contributed by atoms with Crippen molar-refractivity contribution >= 4 is 47.4 Å². The number of unbranched alkanes of at least 4 members (excludes halogenated alkanes) is 2. The standard InChI is InChI=1S/C68H72F2N6O10/c69-55-24-20-45(21-25-55)28-32-73-65(81)59-37-53-41-75(39-51(53)35-57(59)63(79)71-30-9-7-18-61(77)85-43-47-12-3-1-4-13-47)67(83)49-16-11-17-50(34-49)68(84)76-40-52-36-58(64(80)72-31-10-8-19-62(78)86-44-48-14-5-2-6-15-48)60(38-54(52)42-76)66(82)74-33-29-46-22-26-56(70)27-23-46/h1-6,12-15,20-27,35-38,49-50H,7-11,16-19,28-34,39-44H2,(H,71,79)(H,72,80)(H,73,81)(H,74,82)/t49-,50+. The molecule has 9 rings (SSSR count). The first-order valence-electron chi connectivity index (χ1n) is 29.6. The van der Waals surface area contributed by atoms with Crippen molar-refractivity contribution in [2.75, 3.05) is 26.2 Å². The molecule has 4 N–H and O–H groups in total. The van der Waals surface area contributed by atoms with E-state index in [1.54, 1.807) is 58.3 Å². The summed E-state index contributed by atoms with van der Waals surface area (Å²) in [6.07, 6.45) is 5.20. The number of amides is 6. The Kier molecular flexibility index (Phi) is 21.6. The van der Waals surface area contributed by atoms with Gasteiger partial charge in [-0.25, -0.2) is 8.78 Å². The molecule has 0 saturated heterocycles. The molecule has 1 fully saturated rings. The number of benzene rings is 6. The molecule has 6 aromatic carbocycles. The largest absolute Gasteiger partial charge is 0.461 e. The van der Waals surface area contributed by atoms with Crippen molar-refractivity contribution < 1.29 is 56.6 Å². The van der Waals surface area contributed by atoms with Crippen molar-refractivity contribution in [1.29, 1.82) is 0 Å². The van der Waals surface area contributed by atoms with Gasteiger partial charge >= 0.3 is 11.9 Å². The van der Waals surface area contributed by atoms with Crippen LogP contribution < -0.4 is 21.3 Å². The third-order valence-electron chi connectivity index (χ3n) is 16.0. The lowest BCUT2D eigenvalue weighted by atomic mass is 9.80. The summed E-state index contributed by atoms with van der Waals surface area (Å²) in [5, 5.41) is 11.6. The van der Waals surface area contributed by atoms with Gasteiger partial charge in [0.05, 0.1) is 22.3 Å². The molecule has 0 aromatic heterocycles. The normalized spacial score (nSPS) is 15.0. The molecule has 1 saturated carbocycles. The molecule has 18 heteroatoms. The van der Waals surface area contributed by atoms with Gasteiger partial charge in [-0.05, 0) is 151 Å². The summed E-state index contributed by atoms with van der Waals surface area (Å²) in [5.41, 5.74) is 6.84. The first-order valence-corrected chi connectivity index (χ1v) is 29.6. The molecule has 1 aliphatic carbocycles. The minimum absolute atomic E-state index is 0.129. The maximum absolute atomic E-state index is 14.5. The Morgan fingerprint density at radius 2 is 0.756 bits per heavy atom. The molecule has 16 nitrogen and oxygen atoms in total. The van der Waals surface area contributed by atoms with E-state index in [1.165, 1.54) is 24.3 Å². The molecule has 0 bridgehead atoms. The molecule has 0 unspecified atom stereocenters. The number of rotatable bonds is 26. The minimum Gasteiger partial charge on any atom is -0.461 e. The minimum atomic E-state index is -0.483. The van der Waals surface area contributed by atoms with Gasteiger partial charge in [0.1, 0.15) is 24.8 Å². The molecule has 0 radical (unpaired) electrons. The lowest BCUT2D eigenvalue weighted by molar-refractivity contribution is -0.146. The van der Waals surface area contributed by atoms with Gasteiger partial charge in [0.25, 0.3) is 23.6 Å². The Hall–Kier alpha value is -9.06. The van der Waals surface area contributed by atoms with E-state index >= 15 is 0 Å². The van der Waals surface area contributed by atoms with Crippen molar-refractivity contribution in [2.24, 2.45) is 11.8 Å². The van der Waals surface area contributed by atoms with E-state index in [4.69, 9.17) is 9.47 Å². The fraction of sp³-hybridized carbons (Fsp3) is 0.353. The van der Waals surface area contributed by atoms with E-state index in [9.17, 15) is 47.1 Å². The van der Waals surface area contributed by atoms with Crippen molar-refractivity contribution in [3.05, 3.63) is 212 Å². The highest BCUT2D eigenvalue weighted by Gasteiger charge is 2.39. The van der Waals surface area contributed by atoms with E-state index in [2.05, 4.69) is 21.3 Å². The molecule has 2 atom stereocenters. The van der Waals surface area contributed by atoms with Crippen molar-refractivity contribution in [3.63, 3.8) is 0 Å². The summed E-state index contributed by atoms with van der Waals surface area (Å²) in [5.74, 6) is -4.55. The Bertz CT molecular complexity index is 3180. The molecule has 448 valence electrons. The molecule has 0 spiro atoms. The number of hydrogen-bond donors (Lipinski definition) is 4. The number of hydrogen-bond acceptors (Lipinski definition) is 10. The van der Waals surface area contributed by atoms with Crippen LogP contribution in [0.2, 0.25) is 0 Å². The average molecular weight is 1170 g/mol. The van der Waals surface area contributed by atoms with Gasteiger partial charge in [-0.2, -0.15) is 0 Å². The second-order valence-electron chi connectivity index (χ2n) is 22.3. The Labute approximate surface area is 499 Å². The Morgan fingerprint density at radius 1 is 0.419 bits per heavy atom. The lowest BCUT2D eigenvalue weighted by Gasteiger charge is -2.32. The highest BCUT2D eigenvalue weighted by Crippen LogP contribution is 2.37. The molecular weight excluding hydrogens is 1100 g/mol.